The number of nitrogens with one attached hydrogen (secondary N) is 1. The van der Waals surface area contributed by atoms with E-state index >= 15 is 0 Å². The predicted octanol–water partition coefficient (Wildman–Crippen LogP) is 4.67. The van der Waals surface area contributed by atoms with Gasteiger partial charge >= 0.3 is 0 Å². The summed E-state index contributed by atoms with van der Waals surface area (Å²) in [5.74, 6) is -0.327. The number of aromatic nitrogens is 2. The molecular weight excluding hydrogens is 420 g/mol. The standard InChI is InChI=1S/C22H19ClN4O2S/c1-14-7-9-17(12-18(14)23)27-13-16(11-20(27)29)21-25-26-22(30-21)24-19(28)10-8-15-5-3-2-4-6-15/h2-10,12,16H,11,13H2,1H3,(H,24,26,28)/b10-8+. The third-order valence-corrected chi connectivity index (χ3v) is 6.25. The van der Waals surface area contributed by atoms with Gasteiger partial charge in [0.05, 0.1) is 0 Å². The Labute approximate surface area is 183 Å². The number of rotatable bonds is 5. The van der Waals surface area contributed by atoms with Gasteiger partial charge in [0, 0.05) is 35.7 Å². The number of nitrogens with zero attached hydrogens (tertiary/aromatic N) is 3. The summed E-state index contributed by atoms with van der Waals surface area (Å²) in [6.45, 7) is 2.43. The first-order chi connectivity index (χ1) is 14.5. The average Bonchev–Trinajstić information content (AvgIpc) is 3.36. The van der Waals surface area contributed by atoms with Crippen LogP contribution in [0.3, 0.4) is 0 Å². The van der Waals surface area contributed by atoms with E-state index in [0.29, 0.717) is 23.1 Å². The van der Waals surface area contributed by atoms with Gasteiger partial charge in [-0.2, -0.15) is 0 Å². The maximum Gasteiger partial charge on any atom is 0.250 e. The van der Waals surface area contributed by atoms with E-state index < -0.39 is 0 Å². The van der Waals surface area contributed by atoms with E-state index in [1.807, 2.05) is 55.5 Å². The predicted molar refractivity (Wildman–Crippen MR) is 120 cm³/mol. The Bertz CT molecular complexity index is 1110. The number of aryl methyl sites for hydroxylation is 1. The molecule has 0 bridgehead atoms. The molecule has 2 amide bonds. The third kappa shape index (κ3) is 4.58. The zero-order valence-electron chi connectivity index (χ0n) is 16.2. The van der Waals surface area contributed by atoms with Crippen molar-refractivity contribution in [1.29, 1.82) is 0 Å². The minimum absolute atomic E-state index is 0.0199. The number of benzene rings is 2. The summed E-state index contributed by atoms with van der Waals surface area (Å²) in [4.78, 5) is 26.4. The van der Waals surface area contributed by atoms with Crippen LogP contribution in [0.4, 0.5) is 10.8 Å². The van der Waals surface area contributed by atoms with Crippen LogP contribution in [-0.2, 0) is 9.59 Å². The molecule has 6 nitrogen and oxygen atoms in total. The number of carbonyl (C=O) groups is 2. The normalized spacial score (nSPS) is 16.4. The van der Waals surface area contributed by atoms with Crippen LogP contribution in [0.5, 0.6) is 0 Å². The molecule has 1 atom stereocenters. The average molecular weight is 439 g/mol. The first-order valence-corrected chi connectivity index (χ1v) is 10.6. The van der Waals surface area contributed by atoms with Gasteiger partial charge in [-0.25, -0.2) is 0 Å². The van der Waals surface area contributed by atoms with Crippen molar-refractivity contribution in [1.82, 2.24) is 10.2 Å². The minimum atomic E-state index is -0.278. The molecule has 2 aromatic carbocycles. The second kappa shape index (κ2) is 8.77. The quantitative estimate of drug-likeness (QED) is 0.587. The molecule has 152 valence electrons. The van der Waals surface area contributed by atoms with Gasteiger partial charge in [-0.1, -0.05) is 59.3 Å². The first-order valence-electron chi connectivity index (χ1n) is 9.43. The number of hydrogen-bond donors (Lipinski definition) is 1. The highest BCUT2D eigenvalue weighted by Crippen LogP contribution is 2.35. The minimum Gasteiger partial charge on any atom is -0.312 e. The van der Waals surface area contributed by atoms with Crippen molar-refractivity contribution in [2.24, 2.45) is 0 Å². The molecule has 0 spiro atoms. The van der Waals surface area contributed by atoms with Gasteiger partial charge in [0.1, 0.15) is 5.01 Å². The second-order valence-electron chi connectivity index (χ2n) is 7.02. The first kappa shape index (κ1) is 20.3. The van der Waals surface area contributed by atoms with Crippen LogP contribution in [0.25, 0.3) is 6.08 Å². The van der Waals surface area contributed by atoms with Crippen molar-refractivity contribution in [2.45, 2.75) is 19.3 Å². The summed E-state index contributed by atoms with van der Waals surface area (Å²) < 4.78 is 0. The Balaban J connectivity index is 1.40. The Kier molecular flexibility index (Phi) is 5.92. The summed E-state index contributed by atoms with van der Waals surface area (Å²) in [7, 11) is 0. The monoisotopic (exact) mass is 438 g/mol. The van der Waals surface area contributed by atoms with E-state index in [0.717, 1.165) is 21.8 Å². The number of anilines is 2. The Morgan fingerprint density at radius 2 is 2.03 bits per heavy atom. The fourth-order valence-corrected chi connectivity index (χ4v) is 4.22. The smallest absolute Gasteiger partial charge is 0.250 e. The van der Waals surface area contributed by atoms with Gasteiger partial charge < -0.3 is 4.90 Å². The van der Waals surface area contributed by atoms with Crippen molar-refractivity contribution >= 4 is 51.6 Å². The van der Waals surface area contributed by atoms with Crippen molar-refractivity contribution in [2.75, 3.05) is 16.8 Å². The second-order valence-corrected chi connectivity index (χ2v) is 8.43. The Morgan fingerprint density at radius 1 is 1.23 bits per heavy atom. The molecule has 2 heterocycles. The van der Waals surface area contributed by atoms with E-state index in [-0.39, 0.29) is 17.7 Å². The topological polar surface area (TPSA) is 75.2 Å². The molecule has 0 radical (unpaired) electrons. The molecule has 1 aliphatic rings. The molecule has 3 aromatic rings. The van der Waals surface area contributed by atoms with Gasteiger partial charge in [0.15, 0.2) is 0 Å². The zero-order valence-corrected chi connectivity index (χ0v) is 17.8. The van der Waals surface area contributed by atoms with Gasteiger partial charge in [-0.15, -0.1) is 10.2 Å². The molecule has 1 N–H and O–H groups in total. The molecule has 1 saturated heterocycles. The molecule has 1 unspecified atom stereocenters. The highest BCUT2D eigenvalue weighted by atomic mass is 35.5. The zero-order chi connectivity index (χ0) is 21.1. The number of carbonyl (C=O) groups excluding carboxylic acids is 2. The van der Waals surface area contributed by atoms with Crippen LogP contribution in [-0.4, -0.2) is 28.6 Å². The summed E-state index contributed by atoms with van der Waals surface area (Å²) >= 11 is 7.50. The largest absolute Gasteiger partial charge is 0.312 e. The number of halogens is 1. The fraction of sp³-hybridized carbons (Fsp3) is 0.182. The Morgan fingerprint density at radius 3 is 2.80 bits per heavy atom. The van der Waals surface area contributed by atoms with Crippen molar-refractivity contribution in [3.8, 4) is 0 Å². The lowest BCUT2D eigenvalue weighted by Gasteiger charge is -2.17. The van der Waals surface area contributed by atoms with E-state index in [1.165, 1.54) is 17.4 Å². The molecule has 1 fully saturated rings. The van der Waals surface area contributed by atoms with Crippen LogP contribution < -0.4 is 10.2 Å². The Hall–Kier alpha value is -3.03. The maximum absolute atomic E-state index is 12.5. The molecule has 8 heteroatoms. The molecular formula is C22H19ClN4O2S. The van der Waals surface area contributed by atoms with E-state index in [2.05, 4.69) is 15.5 Å². The summed E-state index contributed by atoms with van der Waals surface area (Å²) in [6.07, 6.45) is 3.54. The lowest BCUT2D eigenvalue weighted by Crippen LogP contribution is -2.24. The fourth-order valence-electron chi connectivity index (χ4n) is 3.21. The summed E-state index contributed by atoms with van der Waals surface area (Å²) in [5.41, 5.74) is 2.68. The third-order valence-electron chi connectivity index (χ3n) is 4.84. The highest BCUT2D eigenvalue weighted by Gasteiger charge is 2.34. The van der Waals surface area contributed by atoms with E-state index in [4.69, 9.17) is 11.6 Å². The lowest BCUT2D eigenvalue weighted by atomic mass is 10.1. The van der Waals surface area contributed by atoms with Crippen LogP contribution in [0.15, 0.2) is 54.6 Å². The van der Waals surface area contributed by atoms with Crippen LogP contribution in [0.1, 0.15) is 28.5 Å². The molecule has 0 saturated carbocycles. The highest BCUT2D eigenvalue weighted by molar-refractivity contribution is 7.15. The molecule has 30 heavy (non-hydrogen) atoms. The SMILES string of the molecule is Cc1ccc(N2CC(c3nnc(NC(=O)/C=C/c4ccccc4)s3)CC2=O)cc1Cl. The number of hydrogen-bond acceptors (Lipinski definition) is 5. The molecule has 1 aromatic heterocycles. The van der Waals surface area contributed by atoms with Gasteiger partial charge in [0.25, 0.3) is 0 Å². The van der Waals surface area contributed by atoms with Crippen molar-refractivity contribution in [3.05, 3.63) is 75.8 Å². The van der Waals surface area contributed by atoms with Crippen molar-refractivity contribution in [3.63, 3.8) is 0 Å². The lowest BCUT2D eigenvalue weighted by molar-refractivity contribution is -0.117. The number of amides is 2. The summed E-state index contributed by atoms with van der Waals surface area (Å²) in [5, 5.41) is 12.7. The molecule has 0 aliphatic carbocycles. The van der Waals surface area contributed by atoms with Crippen molar-refractivity contribution < 1.29 is 9.59 Å². The van der Waals surface area contributed by atoms with Gasteiger partial charge in [0.2, 0.25) is 16.9 Å². The molecule has 1 aliphatic heterocycles. The van der Waals surface area contributed by atoms with E-state index in [9.17, 15) is 9.59 Å². The summed E-state index contributed by atoms with van der Waals surface area (Å²) in [6, 6.07) is 15.2. The van der Waals surface area contributed by atoms with Crippen LogP contribution in [0.2, 0.25) is 5.02 Å². The van der Waals surface area contributed by atoms with Gasteiger partial charge in [-0.05, 0) is 36.3 Å². The van der Waals surface area contributed by atoms with Crippen LogP contribution >= 0.6 is 22.9 Å². The van der Waals surface area contributed by atoms with E-state index in [1.54, 1.807) is 11.0 Å². The maximum atomic E-state index is 12.5. The van der Waals surface area contributed by atoms with Crippen LogP contribution in [0, 0.1) is 6.92 Å². The molecule has 4 rings (SSSR count). The van der Waals surface area contributed by atoms with Gasteiger partial charge in [-0.3, -0.25) is 14.9 Å².